The van der Waals surface area contributed by atoms with Crippen LogP contribution in [0.3, 0.4) is 0 Å². The summed E-state index contributed by atoms with van der Waals surface area (Å²) in [7, 11) is 0. The minimum absolute atomic E-state index is 0.0353. The summed E-state index contributed by atoms with van der Waals surface area (Å²) in [6.45, 7) is 10.4. The van der Waals surface area contributed by atoms with Crippen molar-refractivity contribution >= 4 is 28.2 Å². The Hall–Kier alpha value is -3.61. The van der Waals surface area contributed by atoms with E-state index in [0.29, 0.717) is 24.9 Å². The number of nitrogens with zero attached hydrogens (tertiary/aromatic N) is 3. The lowest BCUT2D eigenvalue weighted by molar-refractivity contribution is -0.154. The van der Waals surface area contributed by atoms with Crippen molar-refractivity contribution in [3.05, 3.63) is 69.4 Å². The predicted octanol–water partition coefficient (Wildman–Crippen LogP) is 6.07. The van der Waals surface area contributed by atoms with Gasteiger partial charge in [0.1, 0.15) is 6.61 Å². The summed E-state index contributed by atoms with van der Waals surface area (Å²) in [6, 6.07) is 8.28. The fraction of sp³-hybridized carbons (Fsp3) is 0.438. The van der Waals surface area contributed by atoms with Crippen molar-refractivity contribution in [2.24, 2.45) is 0 Å². The first kappa shape index (κ1) is 25.7. The van der Waals surface area contributed by atoms with Gasteiger partial charge in [-0.05, 0) is 43.0 Å². The summed E-state index contributed by atoms with van der Waals surface area (Å²) >= 11 is 0. The average Bonchev–Trinajstić information content (AvgIpc) is 3.71. The molecule has 203 valence electrons. The van der Waals surface area contributed by atoms with Crippen LogP contribution >= 0.6 is 0 Å². The molecule has 0 amide bonds. The molecule has 5 heterocycles. The van der Waals surface area contributed by atoms with E-state index in [4.69, 9.17) is 9.72 Å². The monoisotopic (exact) mass is 525 g/mol. The molecule has 0 bridgehead atoms. The summed E-state index contributed by atoms with van der Waals surface area (Å²) in [6.07, 6.45) is 8.69. The molecule has 0 fully saturated rings. The Balaban J connectivity index is 0.00000135. The minimum Gasteiger partial charge on any atom is -0.460 e. The third-order valence-electron chi connectivity index (χ3n) is 8.62. The van der Waals surface area contributed by atoms with E-state index >= 15 is 0 Å². The topological polar surface area (TPSA) is 76.5 Å². The molecule has 7 nitrogen and oxygen atoms in total. The first-order valence-corrected chi connectivity index (χ1v) is 14.5. The fourth-order valence-electron chi connectivity index (χ4n) is 6.50. The smallest absolute Gasteiger partial charge is 0.317 e. The second-order valence-electron chi connectivity index (χ2n) is 10.7. The van der Waals surface area contributed by atoms with E-state index in [-0.39, 0.29) is 18.1 Å². The number of hydrogen-bond donors (Lipinski definition) is 1. The summed E-state index contributed by atoms with van der Waals surface area (Å²) < 4.78 is 7.48. The number of fused-ring (bicyclic) bond motifs is 5. The molecule has 3 aliphatic heterocycles. The Labute approximate surface area is 229 Å². The molecule has 7 heteroatoms. The van der Waals surface area contributed by atoms with E-state index in [9.17, 15) is 9.59 Å². The molecule has 3 aromatic rings. The highest BCUT2D eigenvalue weighted by Gasteiger charge is 2.48. The number of esters is 1. The number of pyridine rings is 2. The van der Waals surface area contributed by atoms with Crippen molar-refractivity contribution < 1.29 is 9.53 Å². The van der Waals surface area contributed by atoms with Gasteiger partial charge in [-0.2, -0.15) is 0 Å². The Bertz CT molecular complexity index is 1570. The van der Waals surface area contributed by atoms with Crippen molar-refractivity contribution in [1.82, 2.24) is 9.55 Å². The zero-order valence-corrected chi connectivity index (χ0v) is 23.4. The van der Waals surface area contributed by atoms with E-state index in [1.165, 1.54) is 18.5 Å². The highest BCUT2D eigenvalue weighted by atomic mass is 16.5. The van der Waals surface area contributed by atoms with Crippen LogP contribution < -0.4 is 15.8 Å². The number of carbonyl (C=O) groups excluding carboxylic acids is 1. The second kappa shape index (κ2) is 9.85. The SMILES string of the molecule is CC.CCCCCN1CNc2cccc3nc4c(c1c23)Cn1c-4cc2c(c1=O)COC(=O)[C@@]2(CC)CC1=C[CH]1. The maximum absolute atomic E-state index is 13.9. The summed E-state index contributed by atoms with van der Waals surface area (Å²) in [4.78, 5) is 34.7. The highest BCUT2D eigenvalue weighted by molar-refractivity contribution is 6.06. The van der Waals surface area contributed by atoms with Crippen LogP contribution in [0.1, 0.15) is 76.5 Å². The van der Waals surface area contributed by atoms with Gasteiger partial charge in [-0.1, -0.05) is 58.3 Å². The molecule has 1 N–H and O–H groups in total. The van der Waals surface area contributed by atoms with Gasteiger partial charge >= 0.3 is 5.97 Å². The number of rotatable bonds is 7. The van der Waals surface area contributed by atoms with Crippen LogP contribution in [0.2, 0.25) is 0 Å². The van der Waals surface area contributed by atoms with Crippen molar-refractivity contribution in [3.8, 4) is 11.4 Å². The third-order valence-corrected chi connectivity index (χ3v) is 8.62. The Morgan fingerprint density at radius 2 is 1.95 bits per heavy atom. The molecule has 0 unspecified atom stereocenters. The van der Waals surface area contributed by atoms with E-state index < -0.39 is 5.41 Å². The summed E-state index contributed by atoms with van der Waals surface area (Å²) in [5, 5.41) is 4.71. The van der Waals surface area contributed by atoms with Crippen LogP contribution in [0.5, 0.6) is 0 Å². The van der Waals surface area contributed by atoms with E-state index in [1.807, 2.05) is 43.9 Å². The maximum Gasteiger partial charge on any atom is 0.317 e. The van der Waals surface area contributed by atoms with E-state index in [2.05, 4.69) is 35.3 Å². The molecule has 0 saturated heterocycles. The van der Waals surface area contributed by atoms with Gasteiger partial charge in [-0.3, -0.25) is 9.59 Å². The van der Waals surface area contributed by atoms with Gasteiger partial charge in [0, 0.05) is 29.6 Å². The lowest BCUT2D eigenvalue weighted by atomic mass is 9.71. The quantitative estimate of drug-likeness (QED) is 0.233. The van der Waals surface area contributed by atoms with Gasteiger partial charge in [-0.25, -0.2) is 4.98 Å². The lowest BCUT2D eigenvalue weighted by Gasteiger charge is -2.36. The molecule has 0 spiro atoms. The Kier molecular flexibility index (Phi) is 6.48. The summed E-state index contributed by atoms with van der Waals surface area (Å²) in [5.74, 6) is -0.231. The van der Waals surface area contributed by atoms with Gasteiger partial charge in [0.2, 0.25) is 0 Å². The number of carbonyl (C=O) groups is 1. The Morgan fingerprint density at radius 1 is 1.13 bits per heavy atom. The number of benzene rings is 1. The van der Waals surface area contributed by atoms with Gasteiger partial charge in [0.25, 0.3) is 5.56 Å². The highest BCUT2D eigenvalue weighted by Crippen LogP contribution is 2.48. The number of aromatic nitrogens is 2. The number of allylic oxidation sites excluding steroid dienone is 2. The van der Waals surface area contributed by atoms with Gasteiger partial charge in [0.15, 0.2) is 0 Å². The molecule has 4 aliphatic rings. The van der Waals surface area contributed by atoms with Gasteiger partial charge in [0.05, 0.1) is 46.8 Å². The molecule has 2 aromatic heterocycles. The van der Waals surface area contributed by atoms with Crippen LogP contribution in [0, 0.1) is 6.42 Å². The number of cyclic esters (lactones) is 1. The lowest BCUT2D eigenvalue weighted by Crippen LogP contribution is -2.44. The Morgan fingerprint density at radius 3 is 2.69 bits per heavy atom. The molecular formula is C32H37N4O3. The van der Waals surface area contributed by atoms with Crippen molar-refractivity contribution in [1.29, 1.82) is 0 Å². The first-order chi connectivity index (χ1) is 19.1. The van der Waals surface area contributed by atoms with Crippen LogP contribution in [0.4, 0.5) is 11.4 Å². The number of unbranched alkanes of at least 4 members (excludes halogenated alkanes) is 2. The largest absolute Gasteiger partial charge is 0.460 e. The second-order valence-corrected chi connectivity index (χ2v) is 10.7. The number of anilines is 2. The van der Waals surface area contributed by atoms with Crippen LogP contribution in [-0.4, -0.2) is 28.7 Å². The maximum atomic E-state index is 13.9. The average molecular weight is 526 g/mol. The van der Waals surface area contributed by atoms with Gasteiger partial charge in [-0.15, -0.1) is 0 Å². The number of hydrogen-bond acceptors (Lipinski definition) is 6. The molecule has 1 aliphatic carbocycles. The molecule has 39 heavy (non-hydrogen) atoms. The molecule has 1 radical (unpaired) electrons. The summed E-state index contributed by atoms with van der Waals surface area (Å²) in [5.41, 5.74) is 7.67. The van der Waals surface area contributed by atoms with Gasteiger partial charge < -0.3 is 19.5 Å². The van der Waals surface area contributed by atoms with Crippen molar-refractivity contribution in [2.45, 2.75) is 78.4 Å². The standard InChI is InChI=1S/C30H31N4O3.C2H6/c1-3-5-6-12-33-17-31-22-8-7-9-23-25(22)27(33)19-15-34-24(26(19)32-23)13-21-20(28(34)35)16-37-29(36)30(21,4-2)14-18-10-11-18;1-2/h7-11,13,31H,3-6,12,14-17H2,1-2H3;1-2H3/t30-;/m0./s1. The molecule has 0 saturated carbocycles. The third kappa shape index (κ3) is 3.88. The zero-order valence-electron chi connectivity index (χ0n) is 23.4. The molecule has 1 aromatic carbocycles. The first-order valence-electron chi connectivity index (χ1n) is 14.5. The van der Waals surface area contributed by atoms with Crippen molar-refractivity contribution in [2.75, 3.05) is 23.4 Å². The molecular weight excluding hydrogens is 488 g/mol. The van der Waals surface area contributed by atoms with E-state index in [0.717, 1.165) is 64.3 Å². The van der Waals surface area contributed by atoms with Crippen LogP contribution in [0.25, 0.3) is 22.3 Å². The predicted molar refractivity (Wildman–Crippen MR) is 156 cm³/mol. The molecule has 1 atom stereocenters. The zero-order chi connectivity index (χ0) is 27.3. The fourth-order valence-corrected chi connectivity index (χ4v) is 6.50. The van der Waals surface area contributed by atoms with E-state index in [1.54, 1.807) is 0 Å². The van der Waals surface area contributed by atoms with Crippen molar-refractivity contribution in [3.63, 3.8) is 0 Å². The molecule has 7 rings (SSSR count). The normalized spacial score (nSPS) is 19.7. The minimum atomic E-state index is -0.835. The number of ether oxygens (including phenoxy) is 1. The van der Waals surface area contributed by atoms with Crippen LogP contribution in [0.15, 0.2) is 40.7 Å². The van der Waals surface area contributed by atoms with Crippen LogP contribution in [-0.2, 0) is 28.1 Å². The number of nitrogens with one attached hydrogen (secondary N) is 1.